The van der Waals surface area contributed by atoms with Crippen LogP contribution in [-0.2, 0) is 29.2 Å². The first-order valence-corrected chi connectivity index (χ1v) is 13.8. The first kappa shape index (κ1) is 23.9. The Hall–Kier alpha value is -2.24. The third kappa shape index (κ3) is 4.00. The van der Waals surface area contributed by atoms with Gasteiger partial charge in [0.2, 0.25) is 0 Å². The Morgan fingerprint density at radius 2 is 1.73 bits per heavy atom. The van der Waals surface area contributed by atoms with Crippen molar-refractivity contribution in [2.45, 2.75) is 28.6 Å². The maximum atomic E-state index is 15.3. The lowest BCUT2D eigenvalue weighted by Gasteiger charge is -2.50. The summed E-state index contributed by atoms with van der Waals surface area (Å²) in [6.45, 7) is -0.340. The van der Waals surface area contributed by atoms with Crippen LogP contribution in [0.2, 0.25) is 0 Å². The second kappa shape index (κ2) is 8.52. The number of benzene rings is 2. The highest BCUT2D eigenvalue weighted by molar-refractivity contribution is 7.92. The van der Waals surface area contributed by atoms with Crippen LogP contribution < -0.4 is 9.47 Å². The molecule has 0 bridgehead atoms. The summed E-state index contributed by atoms with van der Waals surface area (Å²) in [6, 6.07) is 7.43. The van der Waals surface area contributed by atoms with Crippen molar-refractivity contribution in [2.24, 2.45) is 5.92 Å². The van der Waals surface area contributed by atoms with Crippen LogP contribution in [0.1, 0.15) is 18.4 Å². The molecular weight excluding hydrogens is 478 g/mol. The number of ether oxygens (including phenoxy) is 3. The SMILES string of the molecule is COc1ccc(S(=O)(=O)[C@@]23CCO[C@@H](CCS(C)(=O)=O)C2COc2c(F)ccc(F)c23)cc1. The zero-order chi connectivity index (χ0) is 24.0. The van der Waals surface area contributed by atoms with E-state index < -0.39 is 53.8 Å². The quantitative estimate of drug-likeness (QED) is 0.599. The number of hydrogen-bond donors (Lipinski definition) is 0. The van der Waals surface area contributed by atoms with Crippen LogP contribution in [0, 0.1) is 17.6 Å². The van der Waals surface area contributed by atoms with Crippen LogP contribution in [0.25, 0.3) is 0 Å². The third-order valence-corrected chi connectivity index (χ3v) is 9.90. The van der Waals surface area contributed by atoms with E-state index in [-0.39, 0.29) is 42.3 Å². The van der Waals surface area contributed by atoms with Crippen LogP contribution in [0.4, 0.5) is 8.78 Å². The van der Waals surface area contributed by atoms with E-state index in [0.717, 1.165) is 18.4 Å². The van der Waals surface area contributed by atoms with Gasteiger partial charge in [0, 0.05) is 18.8 Å². The van der Waals surface area contributed by atoms with Crippen LogP contribution in [-0.4, -0.2) is 55.3 Å². The molecule has 1 unspecified atom stereocenters. The Kier molecular flexibility index (Phi) is 6.17. The molecule has 0 aliphatic carbocycles. The van der Waals surface area contributed by atoms with E-state index in [1.165, 1.54) is 31.4 Å². The van der Waals surface area contributed by atoms with Crippen molar-refractivity contribution >= 4 is 19.7 Å². The van der Waals surface area contributed by atoms with Crippen LogP contribution in [0.3, 0.4) is 0 Å². The molecule has 2 aliphatic rings. The lowest BCUT2D eigenvalue weighted by molar-refractivity contribution is -0.0732. The van der Waals surface area contributed by atoms with Gasteiger partial charge < -0.3 is 14.2 Å². The molecule has 2 heterocycles. The fraction of sp³-hybridized carbons (Fsp3) is 0.455. The molecule has 2 aromatic rings. The van der Waals surface area contributed by atoms with E-state index in [0.29, 0.717) is 5.75 Å². The second-order valence-electron chi connectivity index (χ2n) is 8.30. The van der Waals surface area contributed by atoms with Crippen molar-refractivity contribution in [1.29, 1.82) is 0 Å². The molecule has 33 heavy (non-hydrogen) atoms. The number of methoxy groups -OCH3 is 1. The highest BCUT2D eigenvalue weighted by Gasteiger charge is 2.61. The predicted octanol–water partition coefficient (Wildman–Crippen LogP) is 2.87. The van der Waals surface area contributed by atoms with Gasteiger partial charge in [-0.2, -0.15) is 0 Å². The highest BCUT2D eigenvalue weighted by Crippen LogP contribution is 2.55. The summed E-state index contributed by atoms with van der Waals surface area (Å²) in [7, 11) is -6.25. The Bertz CT molecular complexity index is 1260. The zero-order valence-corrected chi connectivity index (χ0v) is 19.7. The number of hydrogen-bond acceptors (Lipinski definition) is 7. The summed E-state index contributed by atoms with van der Waals surface area (Å²) in [5, 5.41) is 0. The van der Waals surface area contributed by atoms with Gasteiger partial charge in [0.05, 0.1) is 36.0 Å². The number of rotatable bonds is 6. The monoisotopic (exact) mass is 502 g/mol. The number of halogens is 2. The van der Waals surface area contributed by atoms with Crippen molar-refractivity contribution in [3.63, 3.8) is 0 Å². The molecule has 11 heteroatoms. The average Bonchev–Trinajstić information content (AvgIpc) is 2.78. The van der Waals surface area contributed by atoms with E-state index >= 15 is 4.39 Å². The predicted molar refractivity (Wildman–Crippen MR) is 116 cm³/mol. The van der Waals surface area contributed by atoms with Crippen molar-refractivity contribution in [3.05, 3.63) is 53.6 Å². The molecule has 1 saturated heterocycles. The molecule has 0 amide bonds. The summed E-state index contributed by atoms with van der Waals surface area (Å²) >= 11 is 0. The van der Waals surface area contributed by atoms with Gasteiger partial charge in [-0.05, 0) is 49.2 Å². The van der Waals surface area contributed by atoms with E-state index in [4.69, 9.17) is 14.2 Å². The fourth-order valence-corrected chi connectivity index (χ4v) is 7.81. The Morgan fingerprint density at radius 3 is 2.36 bits per heavy atom. The molecular formula is C22H24F2O7S2. The first-order valence-electron chi connectivity index (χ1n) is 10.3. The summed E-state index contributed by atoms with van der Waals surface area (Å²) in [5.74, 6) is -2.97. The fourth-order valence-electron chi connectivity index (χ4n) is 4.81. The minimum Gasteiger partial charge on any atom is -0.497 e. The largest absolute Gasteiger partial charge is 0.497 e. The van der Waals surface area contributed by atoms with Crippen molar-refractivity contribution in [2.75, 3.05) is 32.3 Å². The minimum atomic E-state index is -4.32. The number of fused-ring (bicyclic) bond motifs is 3. The van der Waals surface area contributed by atoms with Gasteiger partial charge in [0.15, 0.2) is 21.4 Å². The maximum absolute atomic E-state index is 15.3. The summed E-state index contributed by atoms with van der Waals surface area (Å²) in [5.41, 5.74) is -0.373. The topological polar surface area (TPSA) is 96.0 Å². The molecule has 7 nitrogen and oxygen atoms in total. The molecule has 0 spiro atoms. The molecule has 0 N–H and O–H groups in total. The van der Waals surface area contributed by atoms with Gasteiger partial charge in [0.25, 0.3) is 0 Å². The molecule has 0 saturated carbocycles. The maximum Gasteiger partial charge on any atom is 0.189 e. The first-order chi connectivity index (χ1) is 15.5. The summed E-state index contributed by atoms with van der Waals surface area (Å²) in [4.78, 5) is -0.0893. The average molecular weight is 503 g/mol. The number of sulfone groups is 2. The smallest absolute Gasteiger partial charge is 0.189 e. The standard InChI is InChI=1S/C22H24F2O7S2/c1-29-14-3-5-15(6-4-14)33(27,28)22-10-11-30-19(9-12-32(2,25)26)16(22)13-31-21-18(24)8-7-17(23)20(21)22/h3-8,16,19H,9-13H2,1-2H3/t16?,19-,22-/m0/s1. The van der Waals surface area contributed by atoms with Gasteiger partial charge in [-0.25, -0.2) is 25.6 Å². The third-order valence-electron chi connectivity index (χ3n) is 6.36. The van der Waals surface area contributed by atoms with Gasteiger partial charge in [0.1, 0.15) is 26.2 Å². The van der Waals surface area contributed by atoms with E-state index in [9.17, 15) is 21.2 Å². The van der Waals surface area contributed by atoms with Crippen molar-refractivity contribution in [3.8, 4) is 11.5 Å². The van der Waals surface area contributed by atoms with E-state index in [1.807, 2.05) is 0 Å². The normalized spacial score (nSPS) is 25.0. The minimum absolute atomic E-state index is 0.000982. The Balaban J connectivity index is 1.93. The summed E-state index contributed by atoms with van der Waals surface area (Å²) < 4.78 is 96.3. The lowest BCUT2D eigenvalue weighted by Crippen LogP contribution is -2.57. The molecule has 0 radical (unpaired) electrons. The van der Waals surface area contributed by atoms with E-state index in [1.54, 1.807) is 0 Å². The molecule has 1 fully saturated rings. The second-order valence-corrected chi connectivity index (χ2v) is 12.8. The molecule has 4 rings (SSSR count). The van der Waals surface area contributed by atoms with Gasteiger partial charge >= 0.3 is 0 Å². The van der Waals surface area contributed by atoms with Crippen LogP contribution >= 0.6 is 0 Å². The molecule has 0 aromatic heterocycles. The van der Waals surface area contributed by atoms with Crippen LogP contribution in [0.15, 0.2) is 41.3 Å². The lowest BCUT2D eigenvalue weighted by atomic mass is 9.75. The van der Waals surface area contributed by atoms with Crippen LogP contribution in [0.5, 0.6) is 11.5 Å². The van der Waals surface area contributed by atoms with Gasteiger partial charge in [-0.15, -0.1) is 0 Å². The Labute approximate surface area is 191 Å². The molecule has 2 aromatic carbocycles. The highest BCUT2D eigenvalue weighted by atomic mass is 32.2. The van der Waals surface area contributed by atoms with Crippen molar-refractivity contribution < 1.29 is 39.8 Å². The molecule has 3 atom stereocenters. The van der Waals surface area contributed by atoms with Gasteiger partial charge in [-0.1, -0.05) is 0 Å². The van der Waals surface area contributed by atoms with E-state index in [2.05, 4.69) is 0 Å². The zero-order valence-electron chi connectivity index (χ0n) is 18.1. The molecule has 2 aliphatic heterocycles. The van der Waals surface area contributed by atoms with Gasteiger partial charge in [-0.3, -0.25) is 0 Å². The summed E-state index contributed by atoms with van der Waals surface area (Å²) in [6.07, 6.45) is 0.0769. The van der Waals surface area contributed by atoms with Crippen molar-refractivity contribution in [1.82, 2.24) is 0 Å². The Morgan fingerprint density at radius 1 is 1.06 bits per heavy atom. The molecule has 180 valence electrons.